The van der Waals surface area contributed by atoms with E-state index in [0.717, 1.165) is 37.7 Å². The summed E-state index contributed by atoms with van der Waals surface area (Å²) in [7, 11) is 0. The minimum atomic E-state index is 0.297. The molecule has 0 radical (unpaired) electrons. The Morgan fingerprint density at radius 2 is 2.16 bits per heavy atom. The van der Waals surface area contributed by atoms with Crippen molar-refractivity contribution >= 4 is 0 Å². The van der Waals surface area contributed by atoms with Crippen LogP contribution in [0.1, 0.15) is 70.6 Å². The van der Waals surface area contributed by atoms with Gasteiger partial charge in [0.2, 0.25) is 11.8 Å². The van der Waals surface area contributed by atoms with Crippen LogP contribution in [0.5, 0.6) is 0 Å². The van der Waals surface area contributed by atoms with E-state index in [1.165, 1.54) is 25.7 Å². The lowest BCUT2D eigenvalue weighted by Gasteiger charge is -2.36. The molecule has 0 aliphatic heterocycles. The first-order valence-corrected chi connectivity index (χ1v) is 7.66. The molecule has 0 aromatic carbocycles. The van der Waals surface area contributed by atoms with Gasteiger partial charge in [-0.05, 0) is 37.8 Å². The molecule has 1 aromatic rings. The molecule has 108 valence electrons. The first-order valence-electron chi connectivity index (χ1n) is 7.66. The second-order valence-corrected chi connectivity index (χ2v) is 6.28. The summed E-state index contributed by atoms with van der Waals surface area (Å²) >= 11 is 0. The maximum Gasteiger partial charge on any atom is 0.220 e. The van der Waals surface area contributed by atoms with Gasteiger partial charge in [0.15, 0.2) is 0 Å². The summed E-state index contributed by atoms with van der Waals surface area (Å²) in [4.78, 5) is 0. The van der Waals surface area contributed by atoms with Crippen molar-refractivity contribution in [3.8, 4) is 0 Å². The molecular formula is C15H27N3O. The topological polar surface area (TPSA) is 51.0 Å². The van der Waals surface area contributed by atoms with Gasteiger partial charge in [0.05, 0.1) is 0 Å². The van der Waals surface area contributed by atoms with Crippen LogP contribution < -0.4 is 5.32 Å². The fraction of sp³-hybridized carbons (Fsp3) is 0.867. The van der Waals surface area contributed by atoms with Crippen molar-refractivity contribution in [2.45, 2.75) is 65.2 Å². The van der Waals surface area contributed by atoms with E-state index in [0.29, 0.717) is 11.3 Å². The molecule has 0 amide bonds. The second-order valence-electron chi connectivity index (χ2n) is 6.28. The lowest BCUT2D eigenvalue weighted by atomic mass is 9.69. The number of hydrogen-bond acceptors (Lipinski definition) is 4. The van der Waals surface area contributed by atoms with E-state index in [-0.39, 0.29) is 0 Å². The maximum absolute atomic E-state index is 5.89. The number of nitrogens with zero attached hydrogens (tertiary/aromatic N) is 2. The largest absolute Gasteiger partial charge is 0.425 e. The van der Waals surface area contributed by atoms with Crippen LogP contribution >= 0.6 is 0 Å². The summed E-state index contributed by atoms with van der Waals surface area (Å²) < 4.78 is 5.89. The molecule has 1 aliphatic carbocycles. The van der Waals surface area contributed by atoms with Crippen LogP contribution in [-0.2, 0) is 6.42 Å². The van der Waals surface area contributed by atoms with Crippen LogP contribution in [0.15, 0.2) is 4.42 Å². The van der Waals surface area contributed by atoms with Crippen LogP contribution in [0, 0.1) is 5.41 Å². The normalized spacial score (nSPS) is 22.6. The van der Waals surface area contributed by atoms with Gasteiger partial charge in [0.1, 0.15) is 0 Å². The molecule has 1 N–H and O–H groups in total. The highest BCUT2D eigenvalue weighted by Crippen LogP contribution is 2.46. The highest BCUT2D eigenvalue weighted by molar-refractivity contribution is 5.01. The van der Waals surface area contributed by atoms with E-state index in [1.807, 2.05) is 0 Å². The van der Waals surface area contributed by atoms with Crippen LogP contribution in [0.2, 0.25) is 0 Å². The Balaban J connectivity index is 1.92. The highest BCUT2D eigenvalue weighted by atomic mass is 16.4. The number of hydrogen-bond donors (Lipinski definition) is 1. The summed E-state index contributed by atoms with van der Waals surface area (Å²) in [5.74, 6) is 2.11. The zero-order chi connectivity index (χ0) is 13.7. The minimum Gasteiger partial charge on any atom is -0.425 e. The number of nitrogens with one attached hydrogen (secondary N) is 1. The molecule has 4 nitrogen and oxygen atoms in total. The van der Waals surface area contributed by atoms with Gasteiger partial charge in [0.25, 0.3) is 0 Å². The molecule has 1 saturated carbocycles. The zero-order valence-corrected chi connectivity index (χ0v) is 12.5. The van der Waals surface area contributed by atoms with Crippen molar-refractivity contribution in [3.63, 3.8) is 0 Å². The monoisotopic (exact) mass is 265 g/mol. The van der Waals surface area contributed by atoms with Gasteiger partial charge in [-0.15, -0.1) is 10.2 Å². The van der Waals surface area contributed by atoms with Crippen molar-refractivity contribution in [3.05, 3.63) is 11.8 Å². The molecule has 4 heteroatoms. The summed E-state index contributed by atoms with van der Waals surface area (Å²) in [6, 6.07) is 0. The van der Waals surface area contributed by atoms with Crippen LogP contribution in [0.3, 0.4) is 0 Å². The van der Waals surface area contributed by atoms with E-state index in [9.17, 15) is 0 Å². The highest BCUT2D eigenvalue weighted by Gasteiger charge is 2.36. The van der Waals surface area contributed by atoms with Crippen LogP contribution in [0.4, 0.5) is 0 Å². The lowest BCUT2D eigenvalue weighted by Crippen LogP contribution is -2.26. The predicted molar refractivity (Wildman–Crippen MR) is 76.2 cm³/mol. The summed E-state index contributed by atoms with van der Waals surface area (Å²) in [5.41, 5.74) is 0.297. The van der Waals surface area contributed by atoms with Crippen molar-refractivity contribution in [1.29, 1.82) is 0 Å². The van der Waals surface area contributed by atoms with E-state index < -0.39 is 0 Å². The van der Waals surface area contributed by atoms with Crippen molar-refractivity contribution in [2.75, 3.05) is 13.1 Å². The third-order valence-electron chi connectivity index (χ3n) is 4.28. The fourth-order valence-electron chi connectivity index (χ4n) is 3.00. The van der Waals surface area contributed by atoms with Gasteiger partial charge in [-0.2, -0.15) is 0 Å². The molecule has 0 spiro atoms. The SMILES string of the molecule is CCNCCCc1nnc(C2CCCCC2(C)C)o1. The zero-order valence-electron chi connectivity index (χ0n) is 12.5. The summed E-state index contributed by atoms with van der Waals surface area (Å²) in [5, 5.41) is 11.8. The van der Waals surface area contributed by atoms with Crippen molar-refractivity contribution in [2.24, 2.45) is 5.41 Å². The fourth-order valence-corrected chi connectivity index (χ4v) is 3.00. The van der Waals surface area contributed by atoms with E-state index in [1.54, 1.807) is 0 Å². The Morgan fingerprint density at radius 1 is 1.32 bits per heavy atom. The lowest BCUT2D eigenvalue weighted by molar-refractivity contribution is 0.171. The van der Waals surface area contributed by atoms with Gasteiger partial charge in [-0.3, -0.25) is 0 Å². The molecule has 1 atom stereocenters. The van der Waals surface area contributed by atoms with Gasteiger partial charge >= 0.3 is 0 Å². The maximum atomic E-state index is 5.89. The molecule has 1 heterocycles. The molecule has 2 rings (SSSR count). The van der Waals surface area contributed by atoms with Crippen molar-refractivity contribution < 1.29 is 4.42 Å². The second kappa shape index (κ2) is 6.51. The Labute approximate surface area is 116 Å². The van der Waals surface area contributed by atoms with E-state index >= 15 is 0 Å². The van der Waals surface area contributed by atoms with Crippen LogP contribution in [-0.4, -0.2) is 23.3 Å². The molecule has 1 unspecified atom stereocenters. The van der Waals surface area contributed by atoms with Gasteiger partial charge in [-0.25, -0.2) is 0 Å². The molecule has 1 fully saturated rings. The minimum absolute atomic E-state index is 0.297. The average Bonchev–Trinajstić information content (AvgIpc) is 2.82. The molecular weight excluding hydrogens is 238 g/mol. The molecule has 0 bridgehead atoms. The quantitative estimate of drug-likeness (QED) is 0.802. The summed E-state index contributed by atoms with van der Waals surface area (Å²) in [6.45, 7) is 8.81. The number of rotatable bonds is 6. The first kappa shape index (κ1) is 14.5. The molecule has 1 aromatic heterocycles. The Hall–Kier alpha value is -0.900. The van der Waals surface area contributed by atoms with Crippen molar-refractivity contribution in [1.82, 2.24) is 15.5 Å². The van der Waals surface area contributed by atoms with Gasteiger partial charge < -0.3 is 9.73 Å². The standard InChI is InChI=1S/C15H27N3O/c1-4-16-11-7-9-13-17-18-14(19-13)12-8-5-6-10-15(12,2)3/h12,16H,4-11H2,1-3H3. The predicted octanol–water partition coefficient (Wildman–Crippen LogP) is 3.30. The number of aryl methyl sites for hydroxylation is 1. The Kier molecular flexibility index (Phi) is 4.97. The van der Waals surface area contributed by atoms with Gasteiger partial charge in [0, 0.05) is 12.3 Å². The third-order valence-corrected chi connectivity index (χ3v) is 4.28. The first-order chi connectivity index (χ1) is 9.13. The third kappa shape index (κ3) is 3.78. The van der Waals surface area contributed by atoms with E-state index in [4.69, 9.17) is 4.42 Å². The molecule has 19 heavy (non-hydrogen) atoms. The Morgan fingerprint density at radius 3 is 2.89 bits per heavy atom. The molecule has 1 aliphatic rings. The van der Waals surface area contributed by atoms with E-state index in [2.05, 4.69) is 36.3 Å². The van der Waals surface area contributed by atoms with Gasteiger partial charge in [-0.1, -0.05) is 33.6 Å². The summed E-state index contributed by atoms with van der Waals surface area (Å²) in [6.07, 6.45) is 7.00. The number of aromatic nitrogens is 2. The smallest absolute Gasteiger partial charge is 0.220 e. The average molecular weight is 265 g/mol. The molecule has 0 saturated heterocycles. The Bertz CT molecular complexity index is 386. The van der Waals surface area contributed by atoms with Crippen LogP contribution in [0.25, 0.3) is 0 Å².